The summed E-state index contributed by atoms with van der Waals surface area (Å²) in [5.41, 5.74) is -0.158. The van der Waals surface area contributed by atoms with E-state index in [1.165, 1.54) is 24.3 Å². The van der Waals surface area contributed by atoms with Crippen molar-refractivity contribution in [1.29, 1.82) is 0 Å². The largest absolute Gasteiger partial charge is 0.491 e. The minimum absolute atomic E-state index is 0.0152. The number of hydrogen-bond acceptors (Lipinski definition) is 3. The monoisotopic (exact) mass is 350 g/mol. The summed E-state index contributed by atoms with van der Waals surface area (Å²) in [6.45, 7) is 0.848. The van der Waals surface area contributed by atoms with Gasteiger partial charge in [0.05, 0.1) is 12.2 Å². The van der Waals surface area contributed by atoms with E-state index in [9.17, 15) is 18.0 Å². The number of rotatable bonds is 7. The Labute approximate surface area is 143 Å². The highest BCUT2D eigenvalue weighted by Crippen LogP contribution is 2.29. The summed E-state index contributed by atoms with van der Waals surface area (Å²) >= 11 is 0. The van der Waals surface area contributed by atoms with Crippen LogP contribution in [0.4, 0.5) is 13.2 Å². The number of halogens is 3. The standard InChI is InChI=1S/C19H17F3O3/c1-24-10-11-25-17-7-2-4-14(12-17)8-9-18(23)15-5-3-6-16(13-15)19(20,21)22/h2-9,12-13H,10-11H2,1H3. The molecule has 0 atom stereocenters. The highest BCUT2D eigenvalue weighted by atomic mass is 19.4. The zero-order chi connectivity index (χ0) is 18.3. The van der Waals surface area contributed by atoms with E-state index in [-0.39, 0.29) is 5.56 Å². The molecule has 0 aliphatic carbocycles. The Balaban J connectivity index is 2.09. The molecule has 0 aliphatic rings. The van der Waals surface area contributed by atoms with Crippen molar-refractivity contribution in [3.8, 4) is 5.75 Å². The third kappa shape index (κ3) is 5.76. The van der Waals surface area contributed by atoms with Crippen molar-refractivity contribution in [2.45, 2.75) is 6.18 Å². The first-order valence-electron chi connectivity index (χ1n) is 7.51. The molecule has 2 rings (SSSR count). The molecular weight excluding hydrogens is 333 g/mol. The van der Waals surface area contributed by atoms with Crippen LogP contribution in [0.3, 0.4) is 0 Å². The molecule has 3 nitrogen and oxygen atoms in total. The van der Waals surface area contributed by atoms with Crippen LogP contribution in [-0.2, 0) is 10.9 Å². The first kappa shape index (κ1) is 18.7. The van der Waals surface area contributed by atoms with Crippen LogP contribution in [0.2, 0.25) is 0 Å². The molecule has 0 saturated carbocycles. The van der Waals surface area contributed by atoms with Crippen molar-refractivity contribution in [1.82, 2.24) is 0 Å². The summed E-state index contributed by atoms with van der Waals surface area (Å²) in [4.78, 5) is 12.1. The summed E-state index contributed by atoms with van der Waals surface area (Å²) in [6.07, 6.45) is -1.70. The maximum atomic E-state index is 12.7. The summed E-state index contributed by atoms with van der Waals surface area (Å²) in [7, 11) is 1.57. The van der Waals surface area contributed by atoms with Crippen LogP contribution in [0, 0.1) is 0 Å². The van der Waals surface area contributed by atoms with E-state index in [4.69, 9.17) is 9.47 Å². The van der Waals surface area contributed by atoms with Crippen molar-refractivity contribution in [2.75, 3.05) is 20.3 Å². The van der Waals surface area contributed by atoms with Gasteiger partial charge in [-0.05, 0) is 35.9 Å². The van der Waals surface area contributed by atoms with Gasteiger partial charge in [-0.3, -0.25) is 4.79 Å². The summed E-state index contributed by atoms with van der Waals surface area (Å²) in [5.74, 6) is 0.113. The Morgan fingerprint density at radius 2 is 1.84 bits per heavy atom. The van der Waals surface area contributed by atoms with E-state index < -0.39 is 17.5 Å². The second-order valence-electron chi connectivity index (χ2n) is 5.19. The molecule has 132 valence electrons. The topological polar surface area (TPSA) is 35.5 Å². The maximum absolute atomic E-state index is 12.7. The molecule has 2 aromatic carbocycles. The van der Waals surface area contributed by atoms with Crippen LogP contribution >= 0.6 is 0 Å². The van der Waals surface area contributed by atoms with Crippen LogP contribution < -0.4 is 4.74 Å². The van der Waals surface area contributed by atoms with Gasteiger partial charge in [-0.1, -0.05) is 30.3 Å². The molecule has 0 aromatic heterocycles. The fourth-order valence-corrected chi connectivity index (χ4v) is 2.07. The molecule has 0 aliphatic heterocycles. The number of allylic oxidation sites excluding steroid dienone is 1. The summed E-state index contributed by atoms with van der Waals surface area (Å²) in [5, 5.41) is 0. The molecule has 0 saturated heterocycles. The molecule has 25 heavy (non-hydrogen) atoms. The van der Waals surface area contributed by atoms with E-state index in [0.29, 0.717) is 24.5 Å². The van der Waals surface area contributed by atoms with Crippen molar-refractivity contribution < 1.29 is 27.4 Å². The van der Waals surface area contributed by atoms with Crippen LogP contribution in [-0.4, -0.2) is 26.1 Å². The predicted molar refractivity (Wildman–Crippen MR) is 88.6 cm³/mol. The van der Waals surface area contributed by atoms with Gasteiger partial charge < -0.3 is 9.47 Å². The lowest BCUT2D eigenvalue weighted by molar-refractivity contribution is -0.137. The highest BCUT2D eigenvalue weighted by molar-refractivity contribution is 6.06. The molecule has 6 heteroatoms. The quantitative estimate of drug-likeness (QED) is 0.415. The number of benzene rings is 2. The highest BCUT2D eigenvalue weighted by Gasteiger charge is 2.30. The fraction of sp³-hybridized carbons (Fsp3) is 0.211. The summed E-state index contributed by atoms with van der Waals surface area (Å²) in [6, 6.07) is 11.4. The number of alkyl halides is 3. The molecule has 0 radical (unpaired) electrons. The molecule has 0 amide bonds. The SMILES string of the molecule is COCCOc1cccc(C=CC(=O)c2cccc(C(F)(F)F)c2)c1. The van der Waals surface area contributed by atoms with Gasteiger partial charge in [-0.2, -0.15) is 13.2 Å². The summed E-state index contributed by atoms with van der Waals surface area (Å²) < 4.78 is 48.5. The third-order valence-corrected chi connectivity index (χ3v) is 3.32. The smallest absolute Gasteiger partial charge is 0.416 e. The molecule has 2 aromatic rings. The Bertz CT molecular complexity index is 752. The molecule has 0 N–H and O–H groups in total. The van der Waals surface area contributed by atoms with Crippen LogP contribution in [0.5, 0.6) is 5.75 Å². The third-order valence-electron chi connectivity index (χ3n) is 3.32. The van der Waals surface area contributed by atoms with Gasteiger partial charge in [-0.15, -0.1) is 0 Å². The van der Waals surface area contributed by atoms with Gasteiger partial charge >= 0.3 is 6.18 Å². The lowest BCUT2D eigenvalue weighted by atomic mass is 10.1. The van der Waals surface area contributed by atoms with E-state index in [0.717, 1.165) is 12.1 Å². The van der Waals surface area contributed by atoms with Crippen molar-refractivity contribution in [2.24, 2.45) is 0 Å². The van der Waals surface area contributed by atoms with Gasteiger partial charge in [0.2, 0.25) is 0 Å². The number of methoxy groups -OCH3 is 1. The number of carbonyl (C=O) groups excluding carboxylic acids is 1. The molecular formula is C19H17F3O3. The van der Waals surface area contributed by atoms with Gasteiger partial charge in [-0.25, -0.2) is 0 Å². The average molecular weight is 350 g/mol. The van der Waals surface area contributed by atoms with E-state index in [1.807, 2.05) is 0 Å². The average Bonchev–Trinajstić information content (AvgIpc) is 2.60. The number of ketones is 1. The van der Waals surface area contributed by atoms with Crippen LogP contribution in [0.1, 0.15) is 21.5 Å². The first-order chi connectivity index (χ1) is 11.9. The Hall–Kier alpha value is -2.60. The zero-order valence-electron chi connectivity index (χ0n) is 13.5. The van der Waals surface area contributed by atoms with Crippen molar-refractivity contribution in [3.05, 3.63) is 71.3 Å². The molecule has 0 unspecified atom stereocenters. The minimum atomic E-state index is -4.48. The van der Waals surface area contributed by atoms with Crippen LogP contribution in [0.25, 0.3) is 6.08 Å². The molecule has 0 bridgehead atoms. The van der Waals surface area contributed by atoms with Crippen molar-refractivity contribution in [3.63, 3.8) is 0 Å². The second-order valence-corrected chi connectivity index (χ2v) is 5.19. The first-order valence-corrected chi connectivity index (χ1v) is 7.51. The predicted octanol–water partition coefficient (Wildman–Crippen LogP) is 4.63. The van der Waals surface area contributed by atoms with Gasteiger partial charge in [0, 0.05) is 12.7 Å². The van der Waals surface area contributed by atoms with E-state index in [1.54, 1.807) is 31.4 Å². The lowest BCUT2D eigenvalue weighted by Crippen LogP contribution is -2.06. The normalized spacial score (nSPS) is 11.7. The van der Waals surface area contributed by atoms with E-state index in [2.05, 4.69) is 0 Å². The molecule has 0 heterocycles. The zero-order valence-corrected chi connectivity index (χ0v) is 13.5. The van der Waals surface area contributed by atoms with E-state index >= 15 is 0 Å². The molecule has 0 spiro atoms. The Kier molecular flexibility index (Phi) is 6.36. The number of hydrogen-bond donors (Lipinski definition) is 0. The number of ether oxygens (including phenoxy) is 2. The number of carbonyl (C=O) groups is 1. The lowest BCUT2D eigenvalue weighted by Gasteiger charge is -2.07. The van der Waals surface area contributed by atoms with Crippen LogP contribution in [0.15, 0.2) is 54.6 Å². The van der Waals surface area contributed by atoms with Gasteiger partial charge in [0.1, 0.15) is 12.4 Å². The Morgan fingerprint density at radius 3 is 2.56 bits per heavy atom. The Morgan fingerprint density at radius 1 is 1.08 bits per heavy atom. The maximum Gasteiger partial charge on any atom is 0.416 e. The fourth-order valence-electron chi connectivity index (χ4n) is 2.07. The van der Waals surface area contributed by atoms with Crippen molar-refractivity contribution >= 4 is 11.9 Å². The second kappa shape index (κ2) is 8.48. The van der Waals surface area contributed by atoms with Gasteiger partial charge in [0.15, 0.2) is 5.78 Å². The molecule has 0 fully saturated rings. The van der Waals surface area contributed by atoms with Gasteiger partial charge in [0.25, 0.3) is 0 Å². The minimum Gasteiger partial charge on any atom is -0.491 e.